The first-order valence-electron chi connectivity index (χ1n) is 8.07. The predicted octanol–water partition coefficient (Wildman–Crippen LogP) is 3.84. The minimum atomic E-state index is 0.351. The average Bonchev–Trinajstić information content (AvgIpc) is 3.14. The molecule has 0 fully saturated rings. The molecule has 0 bridgehead atoms. The molecule has 1 atom stereocenters. The Labute approximate surface area is 144 Å². The Morgan fingerprint density at radius 2 is 1.79 bits per heavy atom. The van der Waals surface area contributed by atoms with Gasteiger partial charge in [0.1, 0.15) is 0 Å². The van der Waals surface area contributed by atoms with Crippen LogP contribution in [0.4, 0.5) is 0 Å². The number of hydrogen-bond acceptors (Lipinski definition) is 4. The van der Waals surface area contributed by atoms with E-state index < -0.39 is 0 Å². The molecule has 3 aromatic rings. The van der Waals surface area contributed by atoms with Gasteiger partial charge in [-0.3, -0.25) is 0 Å². The van der Waals surface area contributed by atoms with Crippen molar-refractivity contribution in [2.75, 3.05) is 0 Å². The second-order valence-electron chi connectivity index (χ2n) is 6.44. The van der Waals surface area contributed by atoms with Crippen LogP contribution in [0.3, 0.4) is 0 Å². The van der Waals surface area contributed by atoms with E-state index in [2.05, 4.69) is 66.5 Å². The van der Waals surface area contributed by atoms with Crippen molar-refractivity contribution in [3.63, 3.8) is 0 Å². The van der Waals surface area contributed by atoms with Gasteiger partial charge in [-0.25, -0.2) is 0 Å². The lowest BCUT2D eigenvalue weighted by molar-refractivity contribution is 0.753. The maximum absolute atomic E-state index is 4.94. The summed E-state index contributed by atoms with van der Waals surface area (Å²) < 4.78 is 1.90. The Morgan fingerprint density at radius 1 is 1.00 bits per heavy atom. The van der Waals surface area contributed by atoms with Crippen molar-refractivity contribution in [3.05, 3.63) is 64.7 Å². The van der Waals surface area contributed by atoms with Gasteiger partial charge in [0, 0.05) is 11.1 Å². The second kappa shape index (κ2) is 5.05. The van der Waals surface area contributed by atoms with Crippen molar-refractivity contribution in [1.82, 2.24) is 14.9 Å². The monoisotopic (exact) mass is 332 g/mol. The first-order chi connectivity index (χ1) is 11.7. The SMILES string of the molecule is Cc1ccc(-c2nnc3n2N=C2c4cc(C)ccc4CC2S3)cc1. The van der Waals surface area contributed by atoms with Crippen LogP contribution in [0.1, 0.15) is 22.3 Å². The second-order valence-corrected chi connectivity index (χ2v) is 7.61. The minimum absolute atomic E-state index is 0.351. The van der Waals surface area contributed by atoms with Crippen molar-refractivity contribution in [2.45, 2.75) is 30.7 Å². The summed E-state index contributed by atoms with van der Waals surface area (Å²) in [7, 11) is 0. The Balaban J connectivity index is 1.65. The van der Waals surface area contributed by atoms with Gasteiger partial charge < -0.3 is 0 Å². The van der Waals surface area contributed by atoms with Gasteiger partial charge in [0.15, 0.2) is 5.82 Å². The zero-order valence-corrected chi connectivity index (χ0v) is 14.3. The number of nitrogens with zero attached hydrogens (tertiary/aromatic N) is 4. The van der Waals surface area contributed by atoms with Crippen molar-refractivity contribution in [1.29, 1.82) is 0 Å². The highest BCUT2D eigenvalue weighted by Gasteiger charge is 2.35. The molecule has 1 aromatic heterocycles. The molecule has 0 saturated heterocycles. The topological polar surface area (TPSA) is 43.1 Å². The van der Waals surface area contributed by atoms with Crippen LogP contribution in [0.25, 0.3) is 11.4 Å². The number of fused-ring (bicyclic) bond motifs is 4. The molecule has 118 valence electrons. The lowest BCUT2D eigenvalue weighted by Gasteiger charge is -2.17. The summed E-state index contributed by atoms with van der Waals surface area (Å²) in [5, 5.41) is 14.9. The van der Waals surface area contributed by atoms with Crippen LogP contribution < -0.4 is 0 Å². The van der Waals surface area contributed by atoms with Crippen LogP contribution >= 0.6 is 11.8 Å². The Hall–Kier alpha value is -2.40. The lowest BCUT2D eigenvalue weighted by atomic mass is 10.1. The normalized spacial score (nSPS) is 17.9. The minimum Gasteiger partial charge on any atom is -0.186 e. The number of rotatable bonds is 1. The van der Waals surface area contributed by atoms with Crippen LogP contribution in [-0.2, 0) is 6.42 Å². The van der Waals surface area contributed by atoms with Crippen LogP contribution in [0.2, 0.25) is 0 Å². The molecule has 0 spiro atoms. The van der Waals surface area contributed by atoms with Gasteiger partial charge in [0.05, 0.1) is 11.0 Å². The smallest absolute Gasteiger partial charge is 0.186 e. The number of aromatic nitrogens is 3. The molecule has 2 heterocycles. The van der Waals surface area contributed by atoms with E-state index >= 15 is 0 Å². The summed E-state index contributed by atoms with van der Waals surface area (Å²) in [6.45, 7) is 4.22. The van der Waals surface area contributed by atoms with E-state index in [1.807, 2.05) is 4.68 Å². The van der Waals surface area contributed by atoms with Gasteiger partial charge in [0.2, 0.25) is 5.16 Å². The average molecular weight is 332 g/mol. The molecule has 1 unspecified atom stereocenters. The van der Waals surface area contributed by atoms with Crippen molar-refractivity contribution in [2.24, 2.45) is 5.10 Å². The molecule has 4 nitrogen and oxygen atoms in total. The zero-order chi connectivity index (χ0) is 16.3. The lowest BCUT2D eigenvalue weighted by Crippen LogP contribution is -2.20. The van der Waals surface area contributed by atoms with Crippen LogP contribution in [0.15, 0.2) is 52.7 Å². The van der Waals surface area contributed by atoms with Gasteiger partial charge >= 0.3 is 0 Å². The zero-order valence-electron chi connectivity index (χ0n) is 13.5. The van der Waals surface area contributed by atoms with E-state index in [-0.39, 0.29) is 0 Å². The molecule has 5 rings (SSSR count). The fraction of sp³-hybridized carbons (Fsp3) is 0.211. The highest BCUT2D eigenvalue weighted by Crippen LogP contribution is 2.39. The van der Waals surface area contributed by atoms with Gasteiger partial charge in [-0.05, 0) is 31.9 Å². The fourth-order valence-corrected chi connectivity index (χ4v) is 4.46. The fourth-order valence-electron chi connectivity index (χ4n) is 3.34. The number of benzene rings is 2. The predicted molar refractivity (Wildman–Crippen MR) is 96.7 cm³/mol. The third-order valence-corrected chi connectivity index (χ3v) is 5.77. The van der Waals surface area contributed by atoms with Crippen molar-refractivity contribution < 1.29 is 0 Å². The van der Waals surface area contributed by atoms with E-state index in [0.717, 1.165) is 28.7 Å². The van der Waals surface area contributed by atoms with E-state index in [4.69, 9.17) is 5.10 Å². The molecule has 1 aliphatic heterocycles. The van der Waals surface area contributed by atoms with Crippen molar-refractivity contribution >= 4 is 17.5 Å². The van der Waals surface area contributed by atoms with E-state index in [1.165, 1.54) is 22.3 Å². The Kier molecular flexibility index (Phi) is 2.94. The molecular formula is C19H16N4S. The number of aryl methyl sites for hydroxylation is 2. The highest BCUT2D eigenvalue weighted by molar-refractivity contribution is 8.00. The summed E-state index contributed by atoms with van der Waals surface area (Å²) in [5.74, 6) is 0.810. The summed E-state index contributed by atoms with van der Waals surface area (Å²) in [6, 6.07) is 15.0. The molecule has 24 heavy (non-hydrogen) atoms. The molecular weight excluding hydrogens is 316 g/mol. The molecule has 5 heteroatoms. The first kappa shape index (κ1) is 14.0. The van der Waals surface area contributed by atoms with Crippen LogP contribution in [-0.4, -0.2) is 25.8 Å². The van der Waals surface area contributed by atoms with Gasteiger partial charge in [-0.15, -0.1) is 10.2 Å². The summed E-state index contributed by atoms with van der Waals surface area (Å²) in [4.78, 5) is 0. The van der Waals surface area contributed by atoms with Gasteiger partial charge in [-0.2, -0.15) is 9.78 Å². The molecule has 0 saturated carbocycles. The van der Waals surface area contributed by atoms with Crippen molar-refractivity contribution in [3.8, 4) is 11.4 Å². The van der Waals surface area contributed by atoms with Gasteiger partial charge in [-0.1, -0.05) is 59.3 Å². The largest absolute Gasteiger partial charge is 0.213 e. The number of thioether (sulfide) groups is 1. The molecule has 0 amide bonds. The maximum atomic E-state index is 4.94. The Morgan fingerprint density at radius 3 is 2.62 bits per heavy atom. The van der Waals surface area contributed by atoms with E-state index in [9.17, 15) is 0 Å². The van der Waals surface area contributed by atoms with Gasteiger partial charge in [0.25, 0.3) is 0 Å². The standard InChI is InChI=1S/C19H16N4S/c1-11-3-6-13(7-4-11)18-20-21-19-23(18)22-17-15-9-12(2)5-8-14(15)10-16(17)24-19/h3-9,16H,10H2,1-2H3. The summed E-state index contributed by atoms with van der Waals surface area (Å²) in [6.07, 6.45) is 1.02. The third-order valence-electron chi connectivity index (χ3n) is 4.63. The third kappa shape index (κ3) is 2.04. The molecule has 2 aromatic carbocycles. The van der Waals surface area contributed by atoms with Crippen LogP contribution in [0.5, 0.6) is 0 Å². The van der Waals surface area contributed by atoms with E-state index in [1.54, 1.807) is 11.8 Å². The Bertz CT molecular complexity index is 985. The molecule has 0 N–H and O–H groups in total. The molecule has 2 aliphatic rings. The highest BCUT2D eigenvalue weighted by atomic mass is 32.2. The number of hydrogen-bond donors (Lipinski definition) is 0. The molecule has 0 radical (unpaired) electrons. The molecule has 1 aliphatic carbocycles. The first-order valence-corrected chi connectivity index (χ1v) is 8.95. The quantitative estimate of drug-likeness (QED) is 0.680. The summed E-state index contributed by atoms with van der Waals surface area (Å²) in [5.41, 5.74) is 7.37. The van der Waals surface area contributed by atoms with E-state index in [0.29, 0.717) is 5.25 Å². The van der Waals surface area contributed by atoms with Crippen LogP contribution in [0, 0.1) is 13.8 Å². The summed E-state index contributed by atoms with van der Waals surface area (Å²) >= 11 is 1.77. The maximum Gasteiger partial charge on any atom is 0.213 e.